The Morgan fingerprint density at radius 2 is 2.13 bits per heavy atom. The van der Waals surface area contributed by atoms with E-state index >= 15 is 0 Å². The third-order valence-electron chi connectivity index (χ3n) is 3.62. The molecule has 1 aliphatic heterocycles. The Morgan fingerprint density at radius 1 is 1.43 bits per heavy atom. The van der Waals surface area contributed by atoms with E-state index in [1.807, 2.05) is 46.0 Å². The maximum atomic E-state index is 12.3. The number of hydrogen-bond donors (Lipinski definition) is 0. The van der Waals surface area contributed by atoms with E-state index in [9.17, 15) is 4.79 Å². The molecule has 1 fully saturated rings. The summed E-state index contributed by atoms with van der Waals surface area (Å²) in [6, 6.07) is 0. The predicted molar refractivity (Wildman–Crippen MR) is 98.9 cm³/mol. The van der Waals surface area contributed by atoms with Gasteiger partial charge >= 0.3 is 6.09 Å². The molecule has 0 aromatic carbocycles. The number of carbonyl (C=O) groups excluding carboxylic acids is 1. The molecule has 128 valence electrons. The van der Waals surface area contributed by atoms with Crippen molar-refractivity contribution in [1.29, 1.82) is 0 Å². The van der Waals surface area contributed by atoms with Crippen LogP contribution in [0.15, 0.2) is 6.20 Å². The summed E-state index contributed by atoms with van der Waals surface area (Å²) in [5, 5.41) is 0. The van der Waals surface area contributed by atoms with Crippen LogP contribution in [0.4, 0.5) is 10.7 Å². The second-order valence-electron chi connectivity index (χ2n) is 7.06. The summed E-state index contributed by atoms with van der Waals surface area (Å²) in [5.74, 6) is 0.930. The molecule has 0 spiro atoms. The van der Waals surface area contributed by atoms with Crippen molar-refractivity contribution in [1.82, 2.24) is 14.9 Å². The van der Waals surface area contributed by atoms with Crippen LogP contribution in [0.5, 0.6) is 0 Å². The van der Waals surface area contributed by atoms with Crippen LogP contribution in [0.1, 0.15) is 45.2 Å². The van der Waals surface area contributed by atoms with Crippen molar-refractivity contribution in [2.45, 2.75) is 45.1 Å². The first kappa shape index (κ1) is 18.2. The Labute approximate surface area is 151 Å². The fraction of sp³-hybridized carbons (Fsp3) is 0.688. The molecule has 1 unspecified atom stereocenters. The van der Waals surface area contributed by atoms with Gasteiger partial charge in [0.2, 0.25) is 5.95 Å². The molecule has 0 saturated carbocycles. The highest BCUT2D eigenvalue weighted by Crippen LogP contribution is 2.30. The Kier molecular flexibility index (Phi) is 5.70. The van der Waals surface area contributed by atoms with Crippen LogP contribution in [0.2, 0.25) is 0 Å². The zero-order valence-corrected chi connectivity index (χ0v) is 16.6. The summed E-state index contributed by atoms with van der Waals surface area (Å²) in [7, 11) is 3.86. The van der Waals surface area contributed by atoms with Gasteiger partial charge in [0.1, 0.15) is 5.60 Å². The number of nitrogens with zero attached hydrogens (tertiary/aromatic N) is 4. The van der Waals surface area contributed by atoms with Gasteiger partial charge in [-0.25, -0.2) is 14.8 Å². The van der Waals surface area contributed by atoms with Crippen molar-refractivity contribution in [3.8, 4) is 0 Å². The average Bonchev–Trinajstić information content (AvgIpc) is 2.46. The molecule has 7 heteroatoms. The van der Waals surface area contributed by atoms with E-state index < -0.39 is 5.60 Å². The largest absolute Gasteiger partial charge is 0.444 e. The van der Waals surface area contributed by atoms with Crippen LogP contribution in [0.3, 0.4) is 0 Å². The van der Waals surface area contributed by atoms with Crippen LogP contribution >= 0.6 is 22.6 Å². The molecule has 0 radical (unpaired) electrons. The fourth-order valence-electron chi connectivity index (χ4n) is 2.56. The highest BCUT2D eigenvalue weighted by molar-refractivity contribution is 14.1. The SMILES string of the molecule is CN(C)c1ncc(I)c(C2CCCN(C(=O)OC(C)(C)C)C2)n1. The van der Waals surface area contributed by atoms with E-state index in [-0.39, 0.29) is 12.0 Å². The minimum atomic E-state index is -0.467. The molecule has 1 aromatic heterocycles. The predicted octanol–water partition coefficient (Wildman–Crippen LogP) is 3.26. The average molecular weight is 432 g/mol. The van der Waals surface area contributed by atoms with E-state index in [2.05, 4.69) is 27.6 Å². The fourth-order valence-corrected chi connectivity index (χ4v) is 3.27. The first-order chi connectivity index (χ1) is 10.7. The molecule has 2 rings (SSSR count). The number of carbonyl (C=O) groups is 1. The van der Waals surface area contributed by atoms with Gasteiger partial charge in [0.05, 0.1) is 9.26 Å². The standard InChI is InChI=1S/C16H25IN4O2/c1-16(2,3)23-15(22)21-8-6-7-11(10-21)13-12(17)9-18-14(19-13)20(4)5/h9,11H,6-8,10H2,1-5H3. The Bertz CT molecular complexity index is 572. The number of anilines is 1. The number of amides is 1. The first-order valence-corrected chi connectivity index (χ1v) is 8.93. The molecule has 0 N–H and O–H groups in total. The summed E-state index contributed by atoms with van der Waals surface area (Å²) in [6.45, 7) is 7.07. The van der Waals surface area contributed by atoms with Gasteiger partial charge in [0, 0.05) is 39.3 Å². The number of likely N-dealkylation sites (tertiary alicyclic amines) is 1. The maximum absolute atomic E-state index is 12.3. The lowest BCUT2D eigenvalue weighted by Crippen LogP contribution is -2.42. The van der Waals surface area contributed by atoms with Crippen molar-refractivity contribution in [2.24, 2.45) is 0 Å². The number of aromatic nitrogens is 2. The minimum absolute atomic E-state index is 0.227. The van der Waals surface area contributed by atoms with Crippen LogP contribution < -0.4 is 4.90 Å². The highest BCUT2D eigenvalue weighted by atomic mass is 127. The van der Waals surface area contributed by atoms with Gasteiger partial charge in [0.25, 0.3) is 0 Å². The molecule has 0 aliphatic carbocycles. The molecule has 1 atom stereocenters. The molecule has 1 amide bonds. The van der Waals surface area contributed by atoms with Crippen LogP contribution in [0.25, 0.3) is 0 Å². The lowest BCUT2D eigenvalue weighted by molar-refractivity contribution is 0.0197. The van der Waals surface area contributed by atoms with Gasteiger partial charge in [-0.1, -0.05) is 0 Å². The van der Waals surface area contributed by atoms with E-state index in [4.69, 9.17) is 9.72 Å². The summed E-state index contributed by atoms with van der Waals surface area (Å²) in [4.78, 5) is 25.0. The number of halogens is 1. The first-order valence-electron chi connectivity index (χ1n) is 7.85. The summed E-state index contributed by atoms with van der Waals surface area (Å²) in [5.41, 5.74) is 0.559. The maximum Gasteiger partial charge on any atom is 0.410 e. The summed E-state index contributed by atoms with van der Waals surface area (Å²) >= 11 is 2.27. The molecule has 23 heavy (non-hydrogen) atoms. The molecular formula is C16H25IN4O2. The van der Waals surface area contributed by atoms with Crippen molar-refractivity contribution in [2.75, 3.05) is 32.1 Å². The Hall–Kier alpha value is -1.12. The quantitative estimate of drug-likeness (QED) is 0.672. The monoisotopic (exact) mass is 432 g/mol. The van der Waals surface area contributed by atoms with Crippen LogP contribution in [-0.4, -0.2) is 53.7 Å². The molecule has 1 aromatic rings. The van der Waals surface area contributed by atoms with E-state index in [1.165, 1.54) is 0 Å². The van der Waals surface area contributed by atoms with Gasteiger partial charge in [-0.3, -0.25) is 0 Å². The Morgan fingerprint density at radius 3 is 2.74 bits per heavy atom. The van der Waals surface area contributed by atoms with E-state index in [0.717, 1.165) is 28.7 Å². The second kappa shape index (κ2) is 7.19. The summed E-state index contributed by atoms with van der Waals surface area (Å²) in [6.07, 6.45) is 3.60. The third-order valence-corrected chi connectivity index (χ3v) is 4.45. The van der Waals surface area contributed by atoms with Crippen LogP contribution in [0, 0.1) is 3.57 Å². The van der Waals surface area contributed by atoms with E-state index in [1.54, 1.807) is 4.90 Å². The molecule has 6 nitrogen and oxygen atoms in total. The molecule has 1 saturated heterocycles. The number of ether oxygens (including phenoxy) is 1. The molecule has 1 aliphatic rings. The molecular weight excluding hydrogens is 407 g/mol. The zero-order valence-electron chi connectivity index (χ0n) is 14.5. The number of rotatable bonds is 2. The van der Waals surface area contributed by atoms with Gasteiger partial charge in [-0.15, -0.1) is 0 Å². The lowest BCUT2D eigenvalue weighted by atomic mass is 9.95. The topological polar surface area (TPSA) is 58.6 Å². The van der Waals surface area contributed by atoms with Crippen molar-refractivity contribution < 1.29 is 9.53 Å². The van der Waals surface area contributed by atoms with Gasteiger partial charge in [0.15, 0.2) is 0 Å². The van der Waals surface area contributed by atoms with Crippen molar-refractivity contribution >= 4 is 34.6 Å². The van der Waals surface area contributed by atoms with E-state index in [0.29, 0.717) is 12.5 Å². The molecule has 0 bridgehead atoms. The van der Waals surface area contributed by atoms with Gasteiger partial charge in [-0.05, 0) is 56.2 Å². The zero-order chi connectivity index (χ0) is 17.2. The minimum Gasteiger partial charge on any atom is -0.444 e. The van der Waals surface area contributed by atoms with Crippen molar-refractivity contribution in [3.63, 3.8) is 0 Å². The second-order valence-corrected chi connectivity index (χ2v) is 8.23. The number of piperidine rings is 1. The Balaban J connectivity index is 2.15. The van der Waals surface area contributed by atoms with Crippen LogP contribution in [-0.2, 0) is 4.74 Å². The molecule has 2 heterocycles. The summed E-state index contributed by atoms with van der Waals surface area (Å²) < 4.78 is 6.54. The smallest absolute Gasteiger partial charge is 0.410 e. The third kappa shape index (κ3) is 4.92. The van der Waals surface area contributed by atoms with Gasteiger partial charge < -0.3 is 14.5 Å². The van der Waals surface area contributed by atoms with Gasteiger partial charge in [-0.2, -0.15) is 0 Å². The van der Waals surface area contributed by atoms with Crippen molar-refractivity contribution in [3.05, 3.63) is 15.5 Å². The highest BCUT2D eigenvalue weighted by Gasteiger charge is 2.30. The lowest BCUT2D eigenvalue weighted by Gasteiger charge is -2.34. The number of hydrogen-bond acceptors (Lipinski definition) is 5. The normalized spacial score (nSPS) is 18.7.